The fourth-order valence-corrected chi connectivity index (χ4v) is 0.0250. The van der Waals surface area contributed by atoms with E-state index in [9.17, 15) is 0 Å². The Labute approximate surface area is 66.9 Å². The van der Waals surface area contributed by atoms with Crippen molar-refractivity contribution in [3.63, 3.8) is 0 Å². The average Bonchev–Trinajstić information content (AvgIpc) is 1.91. The summed E-state index contributed by atoms with van der Waals surface area (Å²) in [5, 5.41) is 15.5. The molecule has 0 aliphatic heterocycles. The Balaban J connectivity index is 0. The summed E-state index contributed by atoms with van der Waals surface area (Å²) in [5.41, 5.74) is -0.0463. The van der Waals surface area contributed by atoms with Gasteiger partial charge in [0.15, 0.2) is 0 Å². The molecule has 0 rings (SSSR count). The molecule has 0 heterocycles. The summed E-state index contributed by atoms with van der Waals surface area (Å²) in [6, 6.07) is 3.12. The van der Waals surface area contributed by atoms with Gasteiger partial charge in [-0.1, -0.05) is 6.58 Å². The van der Waals surface area contributed by atoms with Crippen LogP contribution in [0.3, 0.4) is 0 Å². The van der Waals surface area contributed by atoms with E-state index in [0.717, 1.165) is 23.7 Å². The Morgan fingerprint density at radius 2 is 1.62 bits per heavy atom. The summed E-state index contributed by atoms with van der Waals surface area (Å²) in [4.78, 5) is 0. The van der Waals surface area contributed by atoms with Gasteiger partial charge in [0.2, 0.25) is 0 Å². The normalized spacial score (nSPS) is 4.50. The molecule has 0 aromatic carbocycles. The van der Waals surface area contributed by atoms with Crippen LogP contribution in [-0.2, 0) is 23.7 Å². The van der Waals surface area contributed by atoms with E-state index in [0.29, 0.717) is 0 Å². The first-order chi connectivity index (χ1) is 3.81. The first kappa shape index (κ1) is 10.8. The van der Waals surface area contributed by atoms with Crippen LogP contribution >= 0.6 is 8.65 Å². The molecule has 0 radical (unpaired) electrons. The molecule has 2 nitrogen and oxygen atoms in total. The molecule has 0 spiro atoms. The van der Waals surface area contributed by atoms with Crippen LogP contribution in [0.1, 0.15) is 0 Å². The number of nitriles is 2. The van der Waals surface area contributed by atoms with Crippen LogP contribution in [0, 0.1) is 22.7 Å². The van der Waals surface area contributed by atoms with E-state index in [1.807, 2.05) is 0 Å². The molecular formula is C4H2CdN2S. The number of hydrogen-bond acceptors (Lipinski definition) is 3. The average molecular weight is 223 g/mol. The van der Waals surface area contributed by atoms with Crippen molar-refractivity contribution < 1.29 is 23.7 Å². The van der Waals surface area contributed by atoms with E-state index in [4.69, 9.17) is 10.5 Å². The minimum atomic E-state index is -0.0463. The van der Waals surface area contributed by atoms with Crippen LogP contribution < -0.4 is 0 Å². The monoisotopic (exact) mass is 224 g/mol. The number of hydrogen-bond donors (Lipinski definition) is 0. The van der Waals surface area contributed by atoms with Crippen molar-refractivity contribution >= 4 is 8.65 Å². The molecule has 0 bridgehead atoms. The Hall–Kier alpha value is -0.138. The molecule has 8 heavy (non-hydrogen) atoms. The van der Waals surface area contributed by atoms with Gasteiger partial charge < -0.3 is 0 Å². The van der Waals surface area contributed by atoms with Gasteiger partial charge in [-0.3, -0.25) is 0 Å². The van der Waals surface area contributed by atoms with Gasteiger partial charge in [0.1, 0.15) is 17.7 Å². The Morgan fingerprint density at radius 1 is 1.38 bits per heavy atom. The first-order valence-corrected chi connectivity index (χ1v) is 7.11. The van der Waals surface area contributed by atoms with E-state index in [-0.39, 0.29) is 5.57 Å². The molecule has 0 saturated carbocycles. The van der Waals surface area contributed by atoms with E-state index in [1.165, 1.54) is 0 Å². The Morgan fingerprint density at radius 3 is 1.62 bits per heavy atom. The zero-order valence-corrected chi connectivity index (χ0v) is 9.07. The number of nitrogens with zero attached hydrogens (tertiary/aromatic N) is 2. The predicted octanol–water partition coefficient (Wildman–Crippen LogP) is 1.24. The third kappa shape index (κ3) is 9.29. The standard InChI is InChI=1S/C4H2N2.Cd.S/c1-4(2-5)3-6;;/h1H2;;. The topological polar surface area (TPSA) is 47.6 Å². The molecule has 4 heteroatoms. The van der Waals surface area contributed by atoms with Crippen molar-refractivity contribution in [3.05, 3.63) is 12.2 Å². The van der Waals surface area contributed by atoms with E-state index >= 15 is 0 Å². The SMILES string of the molecule is C=C(C#N)C#N.[S]=[Cd]. The van der Waals surface area contributed by atoms with Gasteiger partial charge in [-0.05, 0) is 0 Å². The van der Waals surface area contributed by atoms with E-state index in [1.54, 1.807) is 12.1 Å². The predicted molar refractivity (Wildman–Crippen MR) is 28.0 cm³/mol. The minimum absolute atomic E-state index is 0.0463. The van der Waals surface area contributed by atoms with Crippen LogP contribution in [0.2, 0.25) is 0 Å². The van der Waals surface area contributed by atoms with Gasteiger partial charge in [0.05, 0.1) is 0 Å². The summed E-state index contributed by atoms with van der Waals surface area (Å²) in [6.45, 7) is 3.07. The molecular weight excluding hydrogens is 221 g/mol. The second kappa shape index (κ2) is 9.98. The van der Waals surface area contributed by atoms with Crippen molar-refractivity contribution in [3.8, 4) is 12.1 Å². The van der Waals surface area contributed by atoms with Crippen LogP contribution in [0.25, 0.3) is 0 Å². The summed E-state index contributed by atoms with van der Waals surface area (Å²) in [5.74, 6) is 0. The third-order valence-corrected chi connectivity index (χ3v) is 0.270. The summed E-state index contributed by atoms with van der Waals surface area (Å²) < 4.78 is 0. The molecule has 0 aliphatic rings. The quantitative estimate of drug-likeness (QED) is 0.458. The van der Waals surface area contributed by atoms with Crippen LogP contribution in [0.4, 0.5) is 0 Å². The second-order valence-corrected chi connectivity index (χ2v) is 0.702. The molecule has 0 unspecified atom stereocenters. The van der Waals surface area contributed by atoms with Crippen molar-refractivity contribution in [1.82, 2.24) is 0 Å². The van der Waals surface area contributed by atoms with Gasteiger partial charge in [0.25, 0.3) is 0 Å². The van der Waals surface area contributed by atoms with Gasteiger partial charge in [-0.2, -0.15) is 10.5 Å². The van der Waals surface area contributed by atoms with Gasteiger partial charge >= 0.3 is 32.3 Å². The Kier molecular flexibility index (Phi) is 13.4. The Bertz CT molecular complexity index is 136. The number of allylic oxidation sites excluding steroid dienone is 1. The zero-order chi connectivity index (χ0) is 6.99. The molecule has 0 saturated heterocycles. The van der Waals surface area contributed by atoms with Crippen LogP contribution in [0.5, 0.6) is 0 Å². The molecule has 0 N–H and O–H groups in total. The molecule has 0 aliphatic carbocycles. The van der Waals surface area contributed by atoms with E-state index in [2.05, 4.69) is 15.2 Å². The van der Waals surface area contributed by atoms with Gasteiger partial charge in [-0.25, -0.2) is 0 Å². The first-order valence-electron chi connectivity index (χ1n) is 1.59. The maximum atomic E-state index is 7.76. The molecule has 0 atom stereocenters. The molecule has 36 valence electrons. The zero-order valence-electron chi connectivity index (χ0n) is 4.22. The summed E-state index contributed by atoms with van der Waals surface area (Å²) in [7, 11) is 4.25. The third-order valence-electron chi connectivity index (χ3n) is 0.270. The van der Waals surface area contributed by atoms with Gasteiger partial charge in [0, 0.05) is 0 Å². The summed E-state index contributed by atoms with van der Waals surface area (Å²) in [6.07, 6.45) is 0. The van der Waals surface area contributed by atoms with Gasteiger partial charge in [-0.15, -0.1) is 0 Å². The molecule has 0 amide bonds. The van der Waals surface area contributed by atoms with E-state index < -0.39 is 0 Å². The van der Waals surface area contributed by atoms with Crippen molar-refractivity contribution in [2.24, 2.45) is 0 Å². The maximum absolute atomic E-state index is 7.76. The van der Waals surface area contributed by atoms with Crippen molar-refractivity contribution in [2.45, 2.75) is 0 Å². The second-order valence-electron chi connectivity index (χ2n) is 0.702. The molecule has 0 aromatic rings. The molecule has 0 fully saturated rings. The summed E-state index contributed by atoms with van der Waals surface area (Å²) >= 11 is 0.733. The van der Waals surface area contributed by atoms with Crippen molar-refractivity contribution in [2.75, 3.05) is 0 Å². The van der Waals surface area contributed by atoms with Crippen LogP contribution in [-0.4, -0.2) is 0 Å². The molecule has 0 aromatic heterocycles. The van der Waals surface area contributed by atoms with Crippen LogP contribution in [0.15, 0.2) is 12.2 Å². The number of rotatable bonds is 0. The fraction of sp³-hybridized carbons (Fsp3) is 0. The van der Waals surface area contributed by atoms with Crippen molar-refractivity contribution in [1.29, 1.82) is 10.5 Å². The fourth-order valence-electron chi connectivity index (χ4n) is 0.0250.